The molecule has 38 heavy (non-hydrogen) atoms. The van der Waals surface area contributed by atoms with Crippen molar-refractivity contribution in [1.29, 1.82) is 0 Å². The minimum absolute atomic E-state index is 0. The highest BCUT2D eigenvalue weighted by atomic mass is 35.5. The van der Waals surface area contributed by atoms with Crippen LogP contribution < -0.4 is 15.2 Å². The van der Waals surface area contributed by atoms with Crippen LogP contribution >= 0.6 is 12.4 Å². The molecule has 0 bridgehead atoms. The summed E-state index contributed by atoms with van der Waals surface area (Å²) in [4.78, 5) is 28.4. The number of likely N-dealkylation sites (tertiary alicyclic amines) is 1. The monoisotopic (exact) mass is 588 g/mol. The van der Waals surface area contributed by atoms with E-state index in [1.165, 1.54) is 9.80 Å². The van der Waals surface area contributed by atoms with Gasteiger partial charge in [-0.1, -0.05) is 0 Å². The quantitative estimate of drug-likeness (QED) is 0.450. The van der Waals surface area contributed by atoms with E-state index in [4.69, 9.17) is 5.73 Å². The number of hydrogen-bond acceptors (Lipinski definition) is 6. The van der Waals surface area contributed by atoms with Crippen LogP contribution in [-0.4, -0.2) is 81.8 Å². The molecule has 1 saturated heterocycles. The smallest absolute Gasteiger partial charge is 0.406 e. The molecule has 3 N–H and O–H groups in total. The van der Waals surface area contributed by atoms with Crippen LogP contribution in [-0.2, 0) is 19.6 Å². The molecule has 15 heteroatoms. The molecule has 9 nitrogen and oxygen atoms in total. The Bertz CT molecular complexity index is 1070. The lowest BCUT2D eigenvalue weighted by molar-refractivity contribution is -0.274. The summed E-state index contributed by atoms with van der Waals surface area (Å²) in [5.41, 5.74) is 6.27. The van der Waals surface area contributed by atoms with Gasteiger partial charge in [0.15, 0.2) is 0 Å². The van der Waals surface area contributed by atoms with Crippen molar-refractivity contribution in [3.05, 3.63) is 24.3 Å². The Morgan fingerprint density at radius 3 is 2.16 bits per heavy atom. The lowest BCUT2D eigenvalue weighted by Gasteiger charge is -2.37. The number of nitrogens with zero attached hydrogens (tertiary/aromatic N) is 2. The normalized spacial score (nSPS) is 23.8. The Morgan fingerprint density at radius 2 is 1.68 bits per heavy atom. The van der Waals surface area contributed by atoms with E-state index in [1.807, 2.05) is 0 Å². The number of carbonyl (C=O) groups excluding carboxylic acids is 2. The molecule has 1 aromatic carbocycles. The number of nitrogens with one attached hydrogen (secondary N) is 1. The summed E-state index contributed by atoms with van der Waals surface area (Å²) in [7, 11) is -0.896. The Hall–Kier alpha value is -2.16. The van der Waals surface area contributed by atoms with E-state index in [0.29, 0.717) is 25.7 Å². The summed E-state index contributed by atoms with van der Waals surface area (Å²) in [6, 6.07) is 2.26. The predicted molar refractivity (Wildman–Crippen MR) is 133 cm³/mol. The Labute approximate surface area is 225 Å². The van der Waals surface area contributed by atoms with Crippen LogP contribution in [0.25, 0.3) is 0 Å². The highest BCUT2D eigenvalue weighted by molar-refractivity contribution is 7.89. The van der Waals surface area contributed by atoms with Gasteiger partial charge in [-0.25, -0.2) is 17.5 Å². The molecule has 0 radical (unpaired) electrons. The van der Waals surface area contributed by atoms with Crippen molar-refractivity contribution in [2.75, 3.05) is 27.2 Å². The third kappa shape index (κ3) is 8.17. The number of hydrogen-bond donors (Lipinski definition) is 2. The van der Waals surface area contributed by atoms with Gasteiger partial charge in [0, 0.05) is 26.7 Å². The van der Waals surface area contributed by atoms with Crippen molar-refractivity contribution in [3.63, 3.8) is 0 Å². The minimum Gasteiger partial charge on any atom is -0.406 e. The van der Waals surface area contributed by atoms with Gasteiger partial charge in [-0.3, -0.25) is 9.59 Å². The molecule has 0 aromatic heterocycles. The molecule has 1 heterocycles. The first kappa shape index (κ1) is 32.1. The molecule has 216 valence electrons. The zero-order chi connectivity index (χ0) is 27.5. The largest absolute Gasteiger partial charge is 0.573 e. The van der Waals surface area contributed by atoms with Crippen LogP contribution in [0.5, 0.6) is 5.75 Å². The van der Waals surface area contributed by atoms with Crippen molar-refractivity contribution in [2.45, 2.75) is 61.6 Å². The minimum atomic E-state index is -4.89. The number of carbonyl (C=O) groups is 2. The van der Waals surface area contributed by atoms with Gasteiger partial charge in [0.2, 0.25) is 21.8 Å². The van der Waals surface area contributed by atoms with E-state index in [2.05, 4.69) is 9.46 Å². The molecule has 2 fully saturated rings. The van der Waals surface area contributed by atoms with Gasteiger partial charge in [-0.15, -0.1) is 25.6 Å². The molecule has 3 atom stereocenters. The van der Waals surface area contributed by atoms with Gasteiger partial charge >= 0.3 is 6.36 Å². The van der Waals surface area contributed by atoms with Crippen molar-refractivity contribution in [1.82, 2.24) is 14.5 Å². The second kappa shape index (κ2) is 12.8. The first-order valence-corrected chi connectivity index (χ1v) is 13.4. The van der Waals surface area contributed by atoms with E-state index in [1.54, 1.807) is 14.1 Å². The van der Waals surface area contributed by atoms with Crippen LogP contribution in [0.1, 0.15) is 32.1 Å². The van der Waals surface area contributed by atoms with Gasteiger partial charge < -0.3 is 20.3 Å². The van der Waals surface area contributed by atoms with Gasteiger partial charge in [0.1, 0.15) is 11.9 Å². The molecule has 2 aliphatic rings. The third-order valence-electron chi connectivity index (χ3n) is 6.81. The van der Waals surface area contributed by atoms with E-state index in [-0.39, 0.29) is 48.6 Å². The SMILES string of the molecule is CN(C)C(=O)[C@@H](C1CCC(NS(=O)(=O)c2ccc(OC(F)(F)F)cc2)CC1)[C@H](N)C(=O)N1CC[C@H](F)C1.Cl. The van der Waals surface area contributed by atoms with Crippen LogP contribution in [0.2, 0.25) is 0 Å². The fraction of sp³-hybridized carbons (Fsp3) is 0.652. The fourth-order valence-electron chi connectivity index (χ4n) is 4.93. The average Bonchev–Trinajstić information content (AvgIpc) is 3.25. The summed E-state index contributed by atoms with van der Waals surface area (Å²) in [6.07, 6.45) is -4.20. The number of rotatable bonds is 8. The number of amides is 2. The molecule has 1 saturated carbocycles. The summed E-state index contributed by atoms with van der Waals surface area (Å²) in [5.74, 6) is -2.44. The summed E-state index contributed by atoms with van der Waals surface area (Å²) in [6.45, 7) is 0.196. The molecule has 2 amide bonds. The van der Waals surface area contributed by atoms with E-state index in [9.17, 15) is 35.6 Å². The maximum absolute atomic E-state index is 13.6. The molecule has 1 aliphatic carbocycles. The molecule has 1 aliphatic heterocycles. The maximum Gasteiger partial charge on any atom is 0.573 e. The molecule has 1 aromatic rings. The lowest BCUT2D eigenvalue weighted by atomic mass is 9.74. The first-order valence-electron chi connectivity index (χ1n) is 12.0. The zero-order valence-electron chi connectivity index (χ0n) is 21.0. The average molecular weight is 589 g/mol. The molecule has 0 unspecified atom stereocenters. The summed E-state index contributed by atoms with van der Waals surface area (Å²) < 4.78 is 82.4. The summed E-state index contributed by atoms with van der Waals surface area (Å²) >= 11 is 0. The van der Waals surface area contributed by atoms with E-state index >= 15 is 0 Å². The topological polar surface area (TPSA) is 122 Å². The fourth-order valence-corrected chi connectivity index (χ4v) is 6.24. The molecule has 0 spiro atoms. The highest BCUT2D eigenvalue weighted by Gasteiger charge is 2.42. The van der Waals surface area contributed by atoms with Crippen LogP contribution in [0.4, 0.5) is 17.6 Å². The van der Waals surface area contributed by atoms with Crippen molar-refractivity contribution in [2.24, 2.45) is 17.6 Å². The zero-order valence-corrected chi connectivity index (χ0v) is 22.6. The lowest BCUT2D eigenvalue weighted by Crippen LogP contribution is -2.54. The van der Waals surface area contributed by atoms with Crippen molar-refractivity contribution >= 4 is 34.2 Å². The second-order valence-corrected chi connectivity index (χ2v) is 11.4. The molecular weight excluding hydrogens is 556 g/mol. The van der Waals surface area contributed by atoms with Crippen molar-refractivity contribution in [3.8, 4) is 5.75 Å². The number of ether oxygens (including phenoxy) is 1. The Balaban J connectivity index is 0.00000507. The molecular formula is C23H33ClF4N4O5S. The number of benzene rings is 1. The van der Waals surface area contributed by atoms with Crippen molar-refractivity contribution < 1.29 is 40.3 Å². The van der Waals surface area contributed by atoms with Gasteiger partial charge in [0.05, 0.1) is 23.4 Å². The number of alkyl halides is 4. The maximum atomic E-state index is 13.6. The first-order chi connectivity index (χ1) is 17.2. The Morgan fingerprint density at radius 1 is 1.11 bits per heavy atom. The summed E-state index contributed by atoms with van der Waals surface area (Å²) in [5, 5.41) is 0. The predicted octanol–water partition coefficient (Wildman–Crippen LogP) is 2.45. The van der Waals surface area contributed by atoms with Crippen LogP contribution in [0.3, 0.4) is 0 Å². The number of sulfonamides is 1. The number of halogens is 5. The molecule has 3 rings (SSSR count). The Kier molecular flexibility index (Phi) is 10.8. The van der Waals surface area contributed by atoms with Gasteiger partial charge in [0.25, 0.3) is 0 Å². The standard InChI is InChI=1S/C23H32F4N4O5S.ClH/c1-30(2)21(32)19(20(28)22(33)31-12-11-15(24)13-31)14-3-5-16(6-4-14)29-37(34,35)18-9-7-17(8-10-18)36-23(25,26)27;/h7-10,14-16,19-20,29H,3-6,11-13,28H2,1-2H3;1H/t14?,15-,16?,19-,20-;/m0./s1. The third-order valence-corrected chi connectivity index (χ3v) is 8.35. The van der Waals surface area contributed by atoms with Crippen LogP contribution in [0.15, 0.2) is 29.2 Å². The highest BCUT2D eigenvalue weighted by Crippen LogP contribution is 2.34. The van der Waals surface area contributed by atoms with Crippen LogP contribution in [0, 0.1) is 11.8 Å². The van der Waals surface area contributed by atoms with E-state index in [0.717, 1.165) is 24.3 Å². The van der Waals surface area contributed by atoms with Gasteiger partial charge in [-0.2, -0.15) is 0 Å². The number of nitrogens with two attached hydrogens (primary N) is 1. The van der Waals surface area contributed by atoms with Gasteiger partial charge in [-0.05, 0) is 62.3 Å². The second-order valence-electron chi connectivity index (χ2n) is 9.71. The van der Waals surface area contributed by atoms with E-state index < -0.39 is 52.2 Å².